The first-order valence-electron chi connectivity index (χ1n) is 49.2. The Morgan fingerprint density at radius 3 is 0.623 bits per heavy atom. The molecule has 0 fully saturated rings. The molecule has 0 rings (SSSR count). The van der Waals surface area contributed by atoms with Crippen molar-refractivity contribution in [2.75, 3.05) is 39.6 Å². The maximum atomic E-state index is 13.2. The molecule has 0 bridgehead atoms. The van der Waals surface area contributed by atoms with Gasteiger partial charge in [0.2, 0.25) is 0 Å². The van der Waals surface area contributed by atoms with E-state index in [1.165, 1.54) is 347 Å². The smallest absolute Gasteiger partial charge is 0.462 e. The second kappa shape index (κ2) is 87.4. The van der Waals surface area contributed by atoms with Crippen LogP contribution in [-0.2, 0) is 65.4 Å². The summed E-state index contributed by atoms with van der Waals surface area (Å²) >= 11 is 0. The Hall–Kier alpha value is -1.94. The third-order valence-electron chi connectivity index (χ3n) is 22.9. The van der Waals surface area contributed by atoms with Crippen molar-refractivity contribution in [2.45, 2.75) is 541 Å². The van der Waals surface area contributed by atoms with Gasteiger partial charge in [-0.15, -0.1) is 0 Å². The van der Waals surface area contributed by atoms with Gasteiger partial charge in [0.15, 0.2) is 12.2 Å². The van der Waals surface area contributed by atoms with Crippen LogP contribution in [0.15, 0.2) is 0 Å². The van der Waals surface area contributed by atoms with Gasteiger partial charge in [-0.05, 0) is 31.6 Å². The van der Waals surface area contributed by atoms with Crippen molar-refractivity contribution in [1.82, 2.24) is 0 Å². The summed E-state index contributed by atoms with van der Waals surface area (Å²) in [6, 6.07) is 0. The van der Waals surface area contributed by atoms with Gasteiger partial charge in [-0.25, -0.2) is 9.13 Å². The van der Waals surface area contributed by atoms with Crippen LogP contribution in [0.3, 0.4) is 0 Å². The number of hydrogen-bond donors (Lipinski definition) is 3. The van der Waals surface area contributed by atoms with E-state index in [1.54, 1.807) is 0 Å². The quantitative estimate of drug-likeness (QED) is 0.0222. The number of phosphoric ester groups is 2. The van der Waals surface area contributed by atoms with Crippen LogP contribution >= 0.6 is 15.6 Å². The number of carbonyl (C=O) groups excluding carboxylic acids is 4. The highest BCUT2D eigenvalue weighted by molar-refractivity contribution is 7.47. The van der Waals surface area contributed by atoms with Crippen LogP contribution in [0.1, 0.15) is 523 Å². The first kappa shape index (κ1) is 112. The predicted octanol–water partition coefficient (Wildman–Crippen LogP) is 29.9. The summed E-state index contributed by atoms with van der Waals surface area (Å²) in [6.07, 6.45) is 84.9. The third-order valence-corrected chi connectivity index (χ3v) is 24.8. The molecule has 19 heteroatoms. The van der Waals surface area contributed by atoms with Gasteiger partial charge in [-0.2, -0.15) is 0 Å². The Labute approximate surface area is 702 Å². The van der Waals surface area contributed by atoms with Crippen LogP contribution in [0.25, 0.3) is 0 Å². The Morgan fingerprint density at radius 2 is 0.421 bits per heavy atom. The van der Waals surface area contributed by atoms with Gasteiger partial charge in [0.05, 0.1) is 26.4 Å². The number of aliphatic hydroxyl groups excluding tert-OH is 1. The molecule has 0 radical (unpaired) electrons. The fraction of sp³-hybridized carbons (Fsp3) is 0.958. The van der Waals surface area contributed by atoms with E-state index >= 15 is 0 Å². The first-order chi connectivity index (χ1) is 55.6. The summed E-state index contributed by atoms with van der Waals surface area (Å²) in [7, 11) is -9.94. The first-order valence-corrected chi connectivity index (χ1v) is 52.2. The fourth-order valence-electron chi connectivity index (χ4n) is 15.0. The Kier molecular flexibility index (Phi) is 85.9. The second-order valence-electron chi connectivity index (χ2n) is 34.4. The Bertz CT molecular complexity index is 2150. The summed E-state index contributed by atoms with van der Waals surface area (Å²) in [6.45, 7) is 7.47. The van der Waals surface area contributed by atoms with E-state index in [2.05, 4.69) is 34.6 Å². The van der Waals surface area contributed by atoms with E-state index in [0.29, 0.717) is 25.7 Å². The third kappa shape index (κ3) is 86.4. The number of phosphoric acid groups is 2. The normalized spacial score (nSPS) is 13.9. The van der Waals surface area contributed by atoms with Gasteiger partial charge < -0.3 is 33.8 Å². The number of unbranched alkanes of at least 4 members (excludes halogenated alkanes) is 66. The van der Waals surface area contributed by atoms with Crippen molar-refractivity contribution < 1.29 is 80.2 Å². The molecular weight excluding hydrogens is 1470 g/mol. The van der Waals surface area contributed by atoms with E-state index in [1.807, 2.05) is 0 Å². The maximum Gasteiger partial charge on any atom is 0.472 e. The molecule has 0 aromatic carbocycles. The zero-order valence-electron chi connectivity index (χ0n) is 75.2. The van der Waals surface area contributed by atoms with Crippen molar-refractivity contribution >= 4 is 39.5 Å². The Morgan fingerprint density at radius 1 is 0.246 bits per heavy atom. The molecule has 6 atom stereocenters. The number of aliphatic hydroxyl groups is 1. The molecule has 0 saturated heterocycles. The van der Waals surface area contributed by atoms with Gasteiger partial charge in [0.1, 0.15) is 19.3 Å². The zero-order valence-corrected chi connectivity index (χ0v) is 77.0. The monoisotopic (exact) mass is 1660 g/mol. The molecule has 17 nitrogen and oxygen atoms in total. The molecule has 0 amide bonds. The van der Waals surface area contributed by atoms with Crippen LogP contribution in [-0.4, -0.2) is 96.7 Å². The largest absolute Gasteiger partial charge is 0.472 e. The van der Waals surface area contributed by atoms with Crippen molar-refractivity contribution in [3.8, 4) is 0 Å². The minimum absolute atomic E-state index is 0.110. The SMILES string of the molecule is CCCCCCCCCCCCCCCCCCCCCCCC(=O)OC[C@H](COP(=O)(O)OC[C@@H](O)COP(=O)(O)OC[C@@H](COC(=O)CCCCCCCCCCCC)OC(=O)CCCCCCCCCCCCCCCCCCCCCCC)OC(=O)CCCCCCCCCCCCCCCCCCCCC(C)CC. The lowest BCUT2D eigenvalue weighted by atomic mass is 9.99. The molecule has 0 aliphatic rings. The van der Waals surface area contributed by atoms with Gasteiger partial charge >= 0.3 is 39.5 Å². The van der Waals surface area contributed by atoms with E-state index < -0.39 is 97.5 Å². The molecule has 678 valence electrons. The lowest BCUT2D eigenvalue weighted by Gasteiger charge is -2.21. The molecule has 0 spiro atoms. The molecule has 0 saturated carbocycles. The summed E-state index contributed by atoms with van der Waals surface area (Å²) < 4.78 is 69.1. The van der Waals surface area contributed by atoms with Crippen molar-refractivity contribution in [1.29, 1.82) is 0 Å². The number of carbonyl (C=O) groups is 4. The standard InChI is InChI=1S/C95H186O17P2/c1-6-10-13-16-19-22-25-27-29-31-33-35-37-42-46-50-54-59-64-69-74-79-93(98)106-85-91(112-95(100)81-76-71-66-61-56-52-48-44-40-39-41-45-49-53-57-62-67-72-77-88(5)9-4)87-110-114(103,104)108-83-89(96)82-107-113(101,102)109-86-90(84-105-92(97)78-73-68-63-58-24-21-18-15-12-8-3)111-94(99)80-75-70-65-60-55-51-47-43-38-36-34-32-30-28-26-23-20-17-14-11-7-2/h88-91,96H,6-87H2,1-5H3,(H,101,102)(H,103,104)/t88?,89-,90+,91+/m0/s1. The number of ether oxygens (including phenoxy) is 4. The van der Waals surface area contributed by atoms with E-state index in [-0.39, 0.29) is 25.7 Å². The van der Waals surface area contributed by atoms with Gasteiger partial charge in [0, 0.05) is 25.7 Å². The Balaban J connectivity index is 5.20. The molecule has 3 unspecified atom stereocenters. The summed E-state index contributed by atoms with van der Waals surface area (Å²) in [5, 5.41) is 10.7. The van der Waals surface area contributed by atoms with Gasteiger partial charge in [-0.1, -0.05) is 471 Å². The van der Waals surface area contributed by atoms with E-state index in [4.69, 9.17) is 37.0 Å². The molecular formula is C95H186O17P2. The lowest BCUT2D eigenvalue weighted by Crippen LogP contribution is -2.30. The summed E-state index contributed by atoms with van der Waals surface area (Å²) in [4.78, 5) is 73.5. The molecule has 0 aromatic heterocycles. The van der Waals surface area contributed by atoms with E-state index in [0.717, 1.165) is 95.8 Å². The average Bonchev–Trinajstić information content (AvgIpc) is 0.900. The molecule has 0 aliphatic heterocycles. The van der Waals surface area contributed by atoms with Crippen molar-refractivity contribution in [2.24, 2.45) is 5.92 Å². The number of esters is 4. The second-order valence-corrected chi connectivity index (χ2v) is 37.3. The molecule has 0 aliphatic carbocycles. The van der Waals surface area contributed by atoms with Crippen LogP contribution in [0, 0.1) is 5.92 Å². The predicted molar refractivity (Wildman–Crippen MR) is 474 cm³/mol. The molecule has 0 heterocycles. The minimum Gasteiger partial charge on any atom is -0.462 e. The molecule has 3 N–H and O–H groups in total. The van der Waals surface area contributed by atoms with E-state index in [9.17, 15) is 43.2 Å². The summed E-state index contributed by atoms with van der Waals surface area (Å²) in [5.74, 6) is -1.22. The highest BCUT2D eigenvalue weighted by Crippen LogP contribution is 2.45. The zero-order chi connectivity index (χ0) is 83.3. The number of hydrogen-bond acceptors (Lipinski definition) is 15. The topological polar surface area (TPSA) is 237 Å². The van der Waals surface area contributed by atoms with Crippen LogP contribution in [0.4, 0.5) is 0 Å². The molecule has 0 aromatic rings. The van der Waals surface area contributed by atoms with Gasteiger partial charge in [0.25, 0.3) is 0 Å². The van der Waals surface area contributed by atoms with Crippen LogP contribution in [0.5, 0.6) is 0 Å². The van der Waals surface area contributed by atoms with Crippen LogP contribution in [0.2, 0.25) is 0 Å². The van der Waals surface area contributed by atoms with Gasteiger partial charge in [-0.3, -0.25) is 37.3 Å². The summed E-state index contributed by atoms with van der Waals surface area (Å²) in [5.41, 5.74) is 0. The van der Waals surface area contributed by atoms with Crippen molar-refractivity contribution in [3.05, 3.63) is 0 Å². The highest BCUT2D eigenvalue weighted by atomic mass is 31.2. The average molecular weight is 1660 g/mol. The highest BCUT2D eigenvalue weighted by Gasteiger charge is 2.31. The molecule has 114 heavy (non-hydrogen) atoms. The number of rotatable bonds is 95. The fourth-order valence-corrected chi connectivity index (χ4v) is 16.6. The van der Waals surface area contributed by atoms with Crippen LogP contribution < -0.4 is 0 Å². The van der Waals surface area contributed by atoms with Crippen molar-refractivity contribution in [3.63, 3.8) is 0 Å². The maximum absolute atomic E-state index is 13.2. The minimum atomic E-state index is -4.97. The lowest BCUT2D eigenvalue weighted by molar-refractivity contribution is -0.161.